The second-order valence-electron chi connectivity index (χ2n) is 3.08. The molecule has 0 bridgehead atoms. The van der Waals surface area contributed by atoms with Crippen LogP contribution in [0.3, 0.4) is 0 Å². The van der Waals surface area contributed by atoms with Crippen molar-refractivity contribution in [2.75, 3.05) is 0 Å². The van der Waals surface area contributed by atoms with Gasteiger partial charge in [-0.05, 0) is 30.5 Å². The van der Waals surface area contributed by atoms with Gasteiger partial charge in [-0.25, -0.2) is 0 Å². The van der Waals surface area contributed by atoms with Gasteiger partial charge in [0.05, 0.1) is 0 Å². The normalized spacial score (nSPS) is 14.1. The lowest BCUT2D eigenvalue weighted by molar-refractivity contribution is 0.0972. The van der Waals surface area contributed by atoms with Crippen molar-refractivity contribution >= 4 is 21.7 Å². The number of carbonyl (C=O) groups excluding carboxylic acids is 1. The molecule has 1 aliphatic rings. The molecule has 0 N–H and O–H groups in total. The zero-order valence-electron chi connectivity index (χ0n) is 8.64. The number of hydrogen-bond acceptors (Lipinski definition) is 1. The number of hydrogen-bond donors (Lipinski definition) is 0. The van der Waals surface area contributed by atoms with Crippen molar-refractivity contribution in [1.82, 2.24) is 0 Å². The van der Waals surface area contributed by atoms with Gasteiger partial charge in [0, 0.05) is 16.5 Å². The van der Waals surface area contributed by atoms with E-state index in [9.17, 15) is 4.79 Å². The maximum absolute atomic E-state index is 11.4. The van der Waals surface area contributed by atoms with Crippen molar-refractivity contribution in [3.8, 4) is 0 Å². The predicted molar refractivity (Wildman–Crippen MR) is 62.8 cm³/mol. The molecule has 1 aromatic carbocycles. The van der Waals surface area contributed by atoms with Gasteiger partial charge < -0.3 is 0 Å². The number of benzene rings is 1. The summed E-state index contributed by atoms with van der Waals surface area (Å²) in [5.41, 5.74) is 2.12. The zero-order valence-corrected chi connectivity index (χ0v) is 10.2. The molecule has 0 heterocycles. The van der Waals surface area contributed by atoms with Gasteiger partial charge in [0.25, 0.3) is 0 Å². The molecule has 0 unspecified atom stereocenters. The van der Waals surface area contributed by atoms with Crippen molar-refractivity contribution < 1.29 is 4.79 Å². The van der Waals surface area contributed by atoms with E-state index in [0.717, 1.165) is 22.9 Å². The molecule has 0 spiro atoms. The Morgan fingerprint density at radius 2 is 1.93 bits per heavy atom. The smallest absolute Gasteiger partial charge is 0.163 e. The summed E-state index contributed by atoms with van der Waals surface area (Å²) < 4.78 is 0.997. The molecule has 0 atom stereocenters. The number of carbonyl (C=O) groups is 1. The van der Waals surface area contributed by atoms with E-state index in [1.165, 1.54) is 5.56 Å². The number of Topliss-reactive ketones (excluding diaryl/α,β-unsaturated/α-hetero) is 1. The monoisotopic (exact) mass is 254 g/mol. The molecular weight excluding hydrogens is 240 g/mol. The Bertz CT molecular complexity index is 331. The summed E-state index contributed by atoms with van der Waals surface area (Å²) in [7, 11) is 0. The molecule has 0 aromatic heterocycles. The standard InChI is InChI=1S/C10H9BrO.C2H6/c11-8-5-4-7-2-1-3-10(12)9(7)6-8;1-2/h4-6H,1-3H2;1-2H3. The minimum Gasteiger partial charge on any atom is -0.294 e. The average Bonchev–Trinajstić information content (AvgIpc) is 2.22. The van der Waals surface area contributed by atoms with Crippen molar-refractivity contribution in [2.24, 2.45) is 0 Å². The van der Waals surface area contributed by atoms with Gasteiger partial charge in [0.15, 0.2) is 5.78 Å². The Balaban J connectivity index is 0.000000461. The van der Waals surface area contributed by atoms with Crippen LogP contribution in [-0.4, -0.2) is 5.78 Å². The Morgan fingerprint density at radius 3 is 2.64 bits per heavy atom. The van der Waals surface area contributed by atoms with E-state index < -0.39 is 0 Å². The molecular formula is C12H15BrO. The van der Waals surface area contributed by atoms with Gasteiger partial charge >= 0.3 is 0 Å². The van der Waals surface area contributed by atoms with Gasteiger partial charge in [0.2, 0.25) is 0 Å². The second-order valence-corrected chi connectivity index (χ2v) is 3.99. The molecule has 76 valence electrons. The number of aryl methyl sites for hydroxylation is 1. The van der Waals surface area contributed by atoms with E-state index in [-0.39, 0.29) is 5.78 Å². The third-order valence-electron chi connectivity index (χ3n) is 2.22. The fourth-order valence-corrected chi connectivity index (χ4v) is 1.96. The molecule has 0 radical (unpaired) electrons. The van der Waals surface area contributed by atoms with Crippen LogP contribution in [0.5, 0.6) is 0 Å². The third-order valence-corrected chi connectivity index (χ3v) is 2.72. The van der Waals surface area contributed by atoms with Crippen molar-refractivity contribution in [1.29, 1.82) is 0 Å². The Kier molecular flexibility index (Phi) is 4.33. The van der Waals surface area contributed by atoms with E-state index in [1.54, 1.807) is 0 Å². The van der Waals surface area contributed by atoms with Crippen molar-refractivity contribution in [3.63, 3.8) is 0 Å². The molecule has 2 rings (SSSR count). The highest BCUT2D eigenvalue weighted by atomic mass is 79.9. The van der Waals surface area contributed by atoms with E-state index in [0.29, 0.717) is 6.42 Å². The molecule has 0 saturated carbocycles. The lowest BCUT2D eigenvalue weighted by atomic mass is 9.91. The van der Waals surface area contributed by atoms with E-state index in [2.05, 4.69) is 15.9 Å². The van der Waals surface area contributed by atoms with Crippen LogP contribution in [0.4, 0.5) is 0 Å². The predicted octanol–water partition coefficient (Wildman–Crippen LogP) is 3.99. The van der Waals surface area contributed by atoms with Crippen molar-refractivity contribution in [3.05, 3.63) is 33.8 Å². The first-order chi connectivity index (χ1) is 6.77. The number of fused-ring (bicyclic) bond motifs is 1. The molecule has 1 nitrogen and oxygen atoms in total. The van der Waals surface area contributed by atoms with Gasteiger partial charge in [0.1, 0.15) is 0 Å². The van der Waals surface area contributed by atoms with Crippen LogP contribution >= 0.6 is 15.9 Å². The molecule has 0 amide bonds. The molecule has 2 heteroatoms. The van der Waals surface area contributed by atoms with Crippen LogP contribution in [-0.2, 0) is 6.42 Å². The van der Waals surface area contributed by atoms with Gasteiger partial charge in [-0.3, -0.25) is 4.79 Å². The Morgan fingerprint density at radius 1 is 1.21 bits per heavy atom. The van der Waals surface area contributed by atoms with Crippen LogP contribution in [0.1, 0.15) is 42.6 Å². The quantitative estimate of drug-likeness (QED) is 0.684. The van der Waals surface area contributed by atoms with Crippen LogP contribution < -0.4 is 0 Å². The summed E-state index contributed by atoms with van der Waals surface area (Å²) in [6, 6.07) is 5.96. The summed E-state index contributed by atoms with van der Waals surface area (Å²) in [4.78, 5) is 11.4. The molecule has 1 aromatic rings. The summed E-state index contributed by atoms with van der Waals surface area (Å²) in [5.74, 6) is 0.289. The first-order valence-electron chi connectivity index (χ1n) is 5.09. The summed E-state index contributed by atoms with van der Waals surface area (Å²) >= 11 is 3.37. The topological polar surface area (TPSA) is 17.1 Å². The van der Waals surface area contributed by atoms with Gasteiger partial charge in [-0.2, -0.15) is 0 Å². The lowest BCUT2D eigenvalue weighted by Crippen LogP contribution is -2.10. The summed E-state index contributed by atoms with van der Waals surface area (Å²) in [6.45, 7) is 4.00. The first kappa shape index (κ1) is 11.4. The summed E-state index contributed by atoms with van der Waals surface area (Å²) in [6.07, 6.45) is 2.77. The first-order valence-corrected chi connectivity index (χ1v) is 5.88. The van der Waals surface area contributed by atoms with Gasteiger partial charge in [-0.15, -0.1) is 0 Å². The Hall–Kier alpha value is -0.630. The Labute approximate surface area is 93.7 Å². The van der Waals surface area contributed by atoms with Crippen molar-refractivity contribution in [2.45, 2.75) is 33.1 Å². The highest BCUT2D eigenvalue weighted by molar-refractivity contribution is 9.10. The van der Waals surface area contributed by atoms with E-state index in [1.807, 2.05) is 32.0 Å². The SMILES string of the molecule is CC.O=C1CCCc2ccc(Br)cc21. The fourth-order valence-electron chi connectivity index (χ4n) is 1.60. The highest BCUT2D eigenvalue weighted by Crippen LogP contribution is 2.24. The van der Waals surface area contributed by atoms with E-state index >= 15 is 0 Å². The number of rotatable bonds is 0. The minimum absolute atomic E-state index is 0.289. The molecule has 14 heavy (non-hydrogen) atoms. The molecule has 0 aliphatic heterocycles. The van der Waals surface area contributed by atoms with Gasteiger partial charge in [-0.1, -0.05) is 35.8 Å². The van der Waals surface area contributed by atoms with E-state index in [4.69, 9.17) is 0 Å². The largest absolute Gasteiger partial charge is 0.294 e. The highest BCUT2D eigenvalue weighted by Gasteiger charge is 2.16. The van der Waals surface area contributed by atoms with Crippen LogP contribution in [0.15, 0.2) is 22.7 Å². The zero-order chi connectivity index (χ0) is 10.6. The fraction of sp³-hybridized carbons (Fsp3) is 0.417. The number of ketones is 1. The second kappa shape index (κ2) is 5.30. The lowest BCUT2D eigenvalue weighted by Gasteiger charge is -2.13. The van der Waals surface area contributed by atoms with Crippen LogP contribution in [0.25, 0.3) is 0 Å². The maximum Gasteiger partial charge on any atom is 0.163 e. The molecule has 0 fully saturated rings. The minimum atomic E-state index is 0.289. The molecule has 1 aliphatic carbocycles. The average molecular weight is 255 g/mol. The summed E-state index contributed by atoms with van der Waals surface area (Å²) in [5, 5.41) is 0. The molecule has 0 saturated heterocycles. The maximum atomic E-state index is 11.4. The van der Waals surface area contributed by atoms with Crippen LogP contribution in [0, 0.1) is 0 Å². The number of halogens is 1. The third kappa shape index (κ3) is 2.44. The van der Waals surface area contributed by atoms with Crippen LogP contribution in [0.2, 0.25) is 0 Å².